The third kappa shape index (κ3) is 8.86. The van der Waals surface area contributed by atoms with E-state index >= 15 is 0 Å². The Bertz CT molecular complexity index is 17.1. The second kappa shape index (κ2) is 9.31. The maximum absolute atomic E-state index is 9.03. The smallest absolute Gasteiger partial charge is 1.00 e. The first-order valence-electron chi connectivity index (χ1n) is 0.297. The Labute approximate surface area is 89.0 Å². The van der Waals surface area contributed by atoms with Crippen molar-refractivity contribution in [2.75, 3.05) is 0 Å². The van der Waals surface area contributed by atoms with Gasteiger partial charge in [-0.1, -0.05) is 0 Å². The predicted octanol–water partition coefficient (Wildman–Crippen LogP) is -1.23. The summed E-state index contributed by atoms with van der Waals surface area (Å²) >= 11 is 1.15. The summed E-state index contributed by atoms with van der Waals surface area (Å²) in [5, 5.41) is 0. The molecule has 0 saturated heterocycles. The van der Waals surface area contributed by atoms with Crippen LogP contribution in [0.1, 0.15) is 1.43 Å². The van der Waals surface area contributed by atoms with Gasteiger partial charge in [-0.05, 0) is 0 Å². The second-order valence-corrected chi connectivity index (χ2v) is 2.62. The van der Waals surface area contributed by atoms with Crippen molar-refractivity contribution < 1.29 is 55.9 Å². The van der Waals surface area contributed by atoms with Crippen LogP contribution in [0.3, 0.4) is 0 Å². The van der Waals surface area contributed by atoms with E-state index in [9.17, 15) is 0 Å². The first-order valence-corrected chi connectivity index (χ1v) is 7.46. The van der Waals surface area contributed by atoms with Crippen LogP contribution < -0.4 is 51.4 Å². The van der Waals surface area contributed by atoms with E-state index in [0.29, 0.717) is 0 Å². The van der Waals surface area contributed by atoms with E-state index in [1.807, 2.05) is 18.6 Å². The Kier molecular flexibility index (Phi) is 23.3. The number of halogens is 2. The largest absolute Gasteiger partial charge is 1.00 e. The molecule has 0 aromatic carbocycles. The standard InChI is InChI=1S/I2O.K.H/c1-2-3;;/q;+1;-1/i;;1+1. The van der Waals surface area contributed by atoms with Crippen molar-refractivity contribution >= 4 is 35.8 Å². The van der Waals surface area contributed by atoms with Crippen LogP contribution in [-0.4, -0.2) is 0 Å². The number of hydrogen-bond donors (Lipinski definition) is 0. The molecule has 0 atom stereocenters. The van der Waals surface area contributed by atoms with Crippen molar-refractivity contribution in [3.63, 3.8) is 0 Å². The first-order chi connectivity index (χ1) is 1.41. The maximum Gasteiger partial charge on any atom is 1.00 e. The summed E-state index contributed by atoms with van der Waals surface area (Å²) in [5.41, 5.74) is 0. The molecule has 0 unspecified atom stereocenters. The SMILES string of the molecule is O=II.[2H-].[K+]. The molecule has 0 radical (unpaired) electrons. The molecule has 0 aliphatic heterocycles. The monoisotopic (exact) mass is 311 g/mol. The van der Waals surface area contributed by atoms with E-state index in [0.717, 1.165) is 0 Å². The Balaban J connectivity index is -0.0000000200. The van der Waals surface area contributed by atoms with E-state index in [-0.39, 0.29) is 52.8 Å². The van der Waals surface area contributed by atoms with Gasteiger partial charge in [0.1, 0.15) is 0 Å². The van der Waals surface area contributed by atoms with E-state index in [1.54, 1.807) is 0 Å². The summed E-state index contributed by atoms with van der Waals surface area (Å²) in [5.74, 6) is 0. The summed E-state index contributed by atoms with van der Waals surface area (Å²) in [6, 6.07) is 0. The molecule has 0 amide bonds. The van der Waals surface area contributed by atoms with Crippen LogP contribution in [0.5, 0.6) is 0 Å². The normalized spacial score (nSPS) is 4.25. The average Bonchev–Trinajstić information content (AvgIpc) is 0.918. The van der Waals surface area contributed by atoms with Crippen LogP contribution in [0.2, 0.25) is 0 Å². The van der Waals surface area contributed by atoms with Gasteiger partial charge in [-0.3, -0.25) is 3.07 Å². The molecule has 0 bridgehead atoms. The van der Waals surface area contributed by atoms with E-state index in [4.69, 9.17) is 3.07 Å². The minimum absolute atomic E-state index is 0. The zero-order chi connectivity index (χ0) is 2.71. The van der Waals surface area contributed by atoms with E-state index in [2.05, 4.69) is 0 Å². The summed E-state index contributed by atoms with van der Waals surface area (Å²) in [6.45, 7) is 0. The van der Waals surface area contributed by atoms with Gasteiger partial charge in [-0.2, -0.15) is 0 Å². The minimum Gasteiger partial charge on any atom is -1.00 e. The van der Waals surface area contributed by atoms with Gasteiger partial charge in [-0.15, -0.1) is 0 Å². The van der Waals surface area contributed by atoms with Crippen molar-refractivity contribution in [3.05, 3.63) is 0 Å². The fourth-order valence-corrected chi connectivity index (χ4v) is 0. The quantitative estimate of drug-likeness (QED) is 0.404. The third-order valence-electron chi connectivity index (χ3n) is 0. The van der Waals surface area contributed by atoms with Gasteiger partial charge in [0.05, 0.1) is 0 Å². The van der Waals surface area contributed by atoms with Crippen molar-refractivity contribution in [1.29, 1.82) is 0 Å². The topological polar surface area (TPSA) is 17.1 Å². The van der Waals surface area contributed by atoms with Crippen LogP contribution in [-0.2, 0) is 3.07 Å². The first kappa shape index (κ1) is 10.0. The third-order valence-corrected chi connectivity index (χ3v) is 0. The Morgan fingerprint density at radius 1 is 2.00 bits per heavy atom. The van der Waals surface area contributed by atoms with Gasteiger partial charge in [0, 0.05) is 18.6 Å². The van der Waals surface area contributed by atoms with Crippen molar-refractivity contribution in [3.8, 4) is 0 Å². The Morgan fingerprint density at radius 2 is 2.00 bits per heavy atom. The summed E-state index contributed by atoms with van der Waals surface area (Å²) in [6.07, 6.45) is 0. The molecule has 0 rings (SSSR count). The van der Waals surface area contributed by atoms with E-state index in [1.165, 1.54) is 0 Å². The summed E-state index contributed by atoms with van der Waals surface area (Å²) < 4.78 is 9.03. The molecule has 1 nitrogen and oxygen atoms in total. The Hall–Kier alpha value is 2.90. The molecule has 0 aromatic rings. The van der Waals surface area contributed by atoms with Crippen LogP contribution in [0.4, 0.5) is 0 Å². The molecular weight excluding hydrogens is 309 g/mol. The predicted molar refractivity (Wildman–Crippen MR) is 29.8 cm³/mol. The number of rotatable bonds is 0. The summed E-state index contributed by atoms with van der Waals surface area (Å²) in [4.78, 5) is 0. The molecule has 0 aromatic heterocycles. The van der Waals surface area contributed by atoms with Crippen LogP contribution >= 0.6 is 35.8 Å². The molecule has 4 heteroatoms. The zero-order valence-electron chi connectivity index (χ0n) is 3.16. The number of hydrogen-bond acceptors (Lipinski definition) is 1. The van der Waals surface area contributed by atoms with Gasteiger partial charge in [-0.25, -0.2) is 0 Å². The minimum atomic E-state index is -0.690. The molecule has 0 saturated carbocycles. The average molecular weight is 311 g/mol. The molecule has 22 valence electrons. The molecule has 0 spiro atoms. The molecule has 0 heterocycles. The molecule has 0 N–H and O–H groups in total. The molecule has 4 heavy (non-hydrogen) atoms. The molecular formula is HI2KO. The Morgan fingerprint density at radius 3 is 2.00 bits per heavy atom. The van der Waals surface area contributed by atoms with Crippen molar-refractivity contribution in [1.82, 2.24) is 0 Å². The van der Waals surface area contributed by atoms with Crippen LogP contribution in [0.25, 0.3) is 0 Å². The van der Waals surface area contributed by atoms with Gasteiger partial charge < -0.3 is 1.43 Å². The van der Waals surface area contributed by atoms with Gasteiger partial charge in [0.25, 0.3) is 0 Å². The van der Waals surface area contributed by atoms with Crippen molar-refractivity contribution in [2.24, 2.45) is 0 Å². The zero-order valence-corrected chi connectivity index (χ0v) is 9.60. The van der Waals surface area contributed by atoms with Crippen LogP contribution in [0.15, 0.2) is 0 Å². The van der Waals surface area contributed by atoms with E-state index < -0.39 is 17.2 Å². The maximum atomic E-state index is 9.03. The molecule has 0 fully saturated rings. The fraction of sp³-hybridized carbons (Fsp3) is 0. The van der Waals surface area contributed by atoms with Gasteiger partial charge in [0.15, 0.2) is 0 Å². The van der Waals surface area contributed by atoms with Crippen molar-refractivity contribution in [2.45, 2.75) is 0 Å². The molecule has 0 aliphatic rings. The van der Waals surface area contributed by atoms with Gasteiger partial charge >= 0.3 is 51.4 Å². The summed E-state index contributed by atoms with van der Waals surface area (Å²) in [7, 11) is 0. The fourth-order valence-electron chi connectivity index (χ4n) is 0. The van der Waals surface area contributed by atoms with Gasteiger partial charge in [0.2, 0.25) is 17.2 Å². The van der Waals surface area contributed by atoms with Crippen LogP contribution in [0, 0.1) is 0 Å². The molecule has 0 aliphatic carbocycles. The second-order valence-electron chi connectivity index (χ2n) is 0.0583.